The molecule has 3 N–H and O–H groups in total. The van der Waals surface area contributed by atoms with Crippen molar-refractivity contribution >= 4 is 23.4 Å². The molecule has 2 fully saturated rings. The molecule has 1 heterocycles. The lowest BCUT2D eigenvalue weighted by Crippen LogP contribution is -2.51. The third-order valence-electron chi connectivity index (χ3n) is 7.13. The van der Waals surface area contributed by atoms with Crippen molar-refractivity contribution in [1.29, 1.82) is 0 Å². The molecule has 0 spiro atoms. The summed E-state index contributed by atoms with van der Waals surface area (Å²) < 4.78 is 38.6. The van der Waals surface area contributed by atoms with E-state index in [1.54, 1.807) is 0 Å². The number of nitrogens with zero attached hydrogens (tertiary/aromatic N) is 1. The molecule has 1 saturated heterocycles. The fourth-order valence-electron chi connectivity index (χ4n) is 5.10. The molecule has 2 aromatic rings. The number of hydrogen-bond acceptors (Lipinski definition) is 4. The molecular formula is C26H29ClF3N3O3. The van der Waals surface area contributed by atoms with Crippen molar-refractivity contribution in [2.75, 3.05) is 19.6 Å². The maximum absolute atomic E-state index is 12.9. The zero-order valence-corrected chi connectivity index (χ0v) is 20.4. The number of alkyl halides is 3. The van der Waals surface area contributed by atoms with Gasteiger partial charge in [-0.15, -0.1) is 0 Å². The number of carbonyl (C=O) groups excluding carboxylic acids is 2. The van der Waals surface area contributed by atoms with Crippen molar-refractivity contribution < 1.29 is 27.9 Å². The Labute approximate surface area is 212 Å². The highest BCUT2D eigenvalue weighted by Gasteiger charge is 2.42. The highest BCUT2D eigenvalue weighted by atomic mass is 35.5. The van der Waals surface area contributed by atoms with E-state index in [9.17, 15) is 27.9 Å². The first-order valence-electron chi connectivity index (χ1n) is 12.0. The molecule has 1 atom stereocenters. The van der Waals surface area contributed by atoms with Gasteiger partial charge in [-0.1, -0.05) is 29.8 Å². The number of nitrogens with one attached hydrogen (secondary N) is 2. The molecular weight excluding hydrogens is 495 g/mol. The maximum Gasteiger partial charge on any atom is 0.416 e. The van der Waals surface area contributed by atoms with Crippen molar-refractivity contribution in [2.45, 2.75) is 56.0 Å². The Balaban J connectivity index is 1.23. The lowest BCUT2D eigenvalue weighted by atomic mass is 9.79. The summed E-state index contributed by atoms with van der Waals surface area (Å²) in [6.45, 7) is 0.789. The summed E-state index contributed by atoms with van der Waals surface area (Å²) in [5, 5.41) is 17.2. The Morgan fingerprint density at radius 2 is 1.78 bits per heavy atom. The van der Waals surface area contributed by atoms with Crippen LogP contribution in [0.4, 0.5) is 13.2 Å². The summed E-state index contributed by atoms with van der Waals surface area (Å²) >= 11 is 5.98. The Hall–Kier alpha value is -2.62. The van der Waals surface area contributed by atoms with Crippen LogP contribution >= 0.6 is 11.6 Å². The molecule has 1 aliphatic carbocycles. The smallest absolute Gasteiger partial charge is 0.376 e. The van der Waals surface area contributed by atoms with Crippen LogP contribution in [0, 0.1) is 0 Å². The van der Waals surface area contributed by atoms with Gasteiger partial charge in [-0.3, -0.25) is 14.5 Å². The summed E-state index contributed by atoms with van der Waals surface area (Å²) in [5.74, 6) is -0.808. The van der Waals surface area contributed by atoms with E-state index in [1.165, 1.54) is 11.6 Å². The van der Waals surface area contributed by atoms with E-state index in [0.717, 1.165) is 31.0 Å². The van der Waals surface area contributed by atoms with Gasteiger partial charge in [-0.05, 0) is 73.9 Å². The van der Waals surface area contributed by atoms with Crippen molar-refractivity contribution in [2.24, 2.45) is 0 Å². The zero-order chi connectivity index (χ0) is 25.9. The number of rotatable bonds is 6. The van der Waals surface area contributed by atoms with Gasteiger partial charge in [0.05, 0.1) is 12.1 Å². The van der Waals surface area contributed by atoms with Crippen molar-refractivity contribution in [1.82, 2.24) is 15.5 Å². The summed E-state index contributed by atoms with van der Waals surface area (Å²) in [5.41, 5.74) is -0.785. The molecule has 1 saturated carbocycles. The summed E-state index contributed by atoms with van der Waals surface area (Å²) in [6.07, 6.45) is -0.917. The predicted molar refractivity (Wildman–Crippen MR) is 130 cm³/mol. The average Bonchev–Trinajstić information content (AvgIpc) is 3.32. The van der Waals surface area contributed by atoms with Crippen LogP contribution in [0.15, 0.2) is 48.5 Å². The van der Waals surface area contributed by atoms with Crippen LogP contribution in [0.5, 0.6) is 0 Å². The van der Waals surface area contributed by atoms with Gasteiger partial charge in [0, 0.05) is 29.7 Å². The predicted octanol–water partition coefficient (Wildman–Crippen LogP) is 4.33. The molecule has 194 valence electrons. The van der Waals surface area contributed by atoms with Crippen molar-refractivity contribution in [3.05, 3.63) is 70.2 Å². The summed E-state index contributed by atoms with van der Waals surface area (Å²) in [4.78, 5) is 26.6. The molecule has 0 unspecified atom stereocenters. The van der Waals surface area contributed by atoms with Gasteiger partial charge in [0.1, 0.15) is 5.72 Å². The van der Waals surface area contributed by atoms with Crippen molar-refractivity contribution in [3.63, 3.8) is 0 Å². The number of benzene rings is 2. The van der Waals surface area contributed by atoms with Crippen LogP contribution in [0.3, 0.4) is 0 Å². The Morgan fingerprint density at radius 1 is 1.08 bits per heavy atom. The number of aliphatic hydroxyl groups is 1. The van der Waals surface area contributed by atoms with Gasteiger partial charge in [-0.25, -0.2) is 0 Å². The highest BCUT2D eigenvalue weighted by molar-refractivity contribution is 6.30. The van der Waals surface area contributed by atoms with Crippen LogP contribution in [0.25, 0.3) is 0 Å². The number of likely N-dealkylation sites (tertiary alicyclic amines) is 1. The van der Waals surface area contributed by atoms with Gasteiger partial charge in [0.2, 0.25) is 5.91 Å². The first-order valence-corrected chi connectivity index (χ1v) is 12.4. The second-order valence-corrected chi connectivity index (χ2v) is 10.0. The average molecular weight is 524 g/mol. The maximum atomic E-state index is 12.9. The van der Waals surface area contributed by atoms with Crippen molar-refractivity contribution in [3.8, 4) is 0 Å². The number of halogens is 4. The van der Waals surface area contributed by atoms with Gasteiger partial charge in [-0.2, -0.15) is 13.2 Å². The lowest BCUT2D eigenvalue weighted by Gasteiger charge is -2.42. The minimum Gasteiger partial charge on any atom is -0.376 e. The fraction of sp³-hybridized carbons (Fsp3) is 0.462. The van der Waals surface area contributed by atoms with E-state index in [0.29, 0.717) is 43.3 Å². The van der Waals surface area contributed by atoms with Crippen LogP contribution in [0.1, 0.15) is 59.5 Å². The quantitative estimate of drug-likeness (QED) is 0.526. The molecule has 10 heteroatoms. The van der Waals surface area contributed by atoms with Gasteiger partial charge in [0.25, 0.3) is 5.91 Å². The Bertz CT molecular complexity index is 1090. The first kappa shape index (κ1) is 26.4. The third-order valence-corrected chi connectivity index (χ3v) is 7.38. The van der Waals surface area contributed by atoms with Crippen LogP contribution in [-0.2, 0) is 11.0 Å². The zero-order valence-electron chi connectivity index (χ0n) is 19.7. The lowest BCUT2D eigenvalue weighted by molar-refractivity contribution is -0.137. The molecule has 2 aromatic carbocycles. The largest absolute Gasteiger partial charge is 0.416 e. The topological polar surface area (TPSA) is 81.7 Å². The van der Waals surface area contributed by atoms with Gasteiger partial charge >= 0.3 is 6.18 Å². The SMILES string of the molecule is O=C(CNC(=O)c1cccc(C(F)(F)F)c1)N[C@@H]1CCN(C2(O)CCC(c3ccc(Cl)cc3)CC2)C1. The van der Waals surface area contributed by atoms with E-state index in [-0.39, 0.29) is 18.2 Å². The third kappa shape index (κ3) is 6.38. The molecule has 6 nitrogen and oxygen atoms in total. The fourth-order valence-corrected chi connectivity index (χ4v) is 5.22. The van der Waals surface area contributed by atoms with E-state index in [1.807, 2.05) is 29.2 Å². The second-order valence-electron chi connectivity index (χ2n) is 9.57. The normalized spacial score (nSPS) is 24.9. The van der Waals surface area contributed by atoms with E-state index in [4.69, 9.17) is 11.6 Å². The van der Waals surface area contributed by atoms with E-state index < -0.39 is 29.3 Å². The first-order chi connectivity index (χ1) is 17.0. The number of amides is 2. The molecule has 0 aromatic heterocycles. The number of hydrogen-bond donors (Lipinski definition) is 3. The molecule has 4 rings (SSSR count). The van der Waals surface area contributed by atoms with Crippen LogP contribution in [0.2, 0.25) is 5.02 Å². The summed E-state index contributed by atoms with van der Waals surface area (Å²) in [6, 6.07) is 11.7. The standard InChI is InChI=1S/C26H29ClF3N3O3/c27-21-6-4-17(5-7-21)18-8-11-25(36,12-9-18)33-13-10-22(16-33)32-23(34)15-31-24(35)19-2-1-3-20(14-19)26(28,29)30/h1-7,14,18,22,36H,8-13,15-16H2,(H,31,35)(H,32,34)/t18?,22-,25?/m1/s1. The van der Waals surface area contributed by atoms with Gasteiger partial charge in [0.15, 0.2) is 0 Å². The molecule has 1 aliphatic heterocycles. The van der Waals surface area contributed by atoms with E-state index >= 15 is 0 Å². The number of carbonyl (C=O) groups is 2. The molecule has 0 radical (unpaired) electrons. The minimum absolute atomic E-state index is 0.166. The van der Waals surface area contributed by atoms with Crippen LogP contribution in [-0.4, -0.2) is 53.2 Å². The Morgan fingerprint density at radius 3 is 2.44 bits per heavy atom. The highest BCUT2D eigenvalue weighted by Crippen LogP contribution is 2.41. The molecule has 0 bridgehead atoms. The monoisotopic (exact) mass is 523 g/mol. The Kier molecular flexibility index (Phi) is 7.92. The summed E-state index contributed by atoms with van der Waals surface area (Å²) in [7, 11) is 0. The molecule has 2 aliphatic rings. The van der Waals surface area contributed by atoms with Gasteiger partial charge < -0.3 is 15.7 Å². The van der Waals surface area contributed by atoms with E-state index in [2.05, 4.69) is 10.6 Å². The molecule has 2 amide bonds. The van der Waals surface area contributed by atoms with Crippen LogP contribution < -0.4 is 10.6 Å². The molecule has 36 heavy (non-hydrogen) atoms. The second kappa shape index (κ2) is 10.8. The minimum atomic E-state index is -4.55.